The van der Waals surface area contributed by atoms with E-state index in [-0.39, 0.29) is 6.10 Å². The van der Waals surface area contributed by atoms with Crippen molar-refractivity contribution in [3.8, 4) is 5.75 Å². The number of hydrogen-bond acceptors (Lipinski definition) is 7. The van der Waals surface area contributed by atoms with E-state index in [4.69, 9.17) is 23.7 Å². The fraction of sp³-hybridized carbons (Fsp3) is 0.684. The van der Waals surface area contributed by atoms with Gasteiger partial charge in [0.1, 0.15) is 30.2 Å². The minimum atomic E-state index is -1.07. The van der Waals surface area contributed by atoms with E-state index < -0.39 is 43.1 Å². The fourth-order valence-electron chi connectivity index (χ4n) is 3.24. The monoisotopic (exact) mass is 368 g/mol. The molecule has 0 unspecified atom stereocenters. The summed E-state index contributed by atoms with van der Waals surface area (Å²) in [6.07, 6.45) is -3.29. The molecule has 2 saturated heterocycles. The van der Waals surface area contributed by atoms with Crippen LogP contribution in [0.2, 0.25) is 0 Å². The van der Waals surface area contributed by atoms with E-state index >= 15 is 0 Å². The van der Waals surface area contributed by atoms with Crippen LogP contribution in [0.1, 0.15) is 33.3 Å². The van der Waals surface area contributed by atoms with Gasteiger partial charge in [0.25, 0.3) is 0 Å². The Labute approximate surface area is 153 Å². The summed E-state index contributed by atoms with van der Waals surface area (Å²) in [6, 6.07) is 7.65. The van der Waals surface area contributed by atoms with Crippen molar-refractivity contribution in [1.82, 2.24) is 0 Å². The standard InChI is InChI=1S/C19H28O7/c1-11(2)23-13-7-5-12(6-8-13)10-22-16-15(14(21)9-20)24-18-17(16)25-19(3,4)26-18/h5-8,11,14-18,20-21H,9-10H2,1-4H3/t14-,15-,16-,17+,18+/m1/s1. The lowest BCUT2D eigenvalue weighted by Crippen LogP contribution is -2.44. The molecule has 26 heavy (non-hydrogen) atoms. The highest BCUT2D eigenvalue weighted by atomic mass is 16.8. The van der Waals surface area contributed by atoms with Crippen molar-refractivity contribution in [2.24, 2.45) is 0 Å². The zero-order chi connectivity index (χ0) is 18.9. The number of fused-ring (bicyclic) bond motifs is 1. The molecule has 0 bridgehead atoms. The van der Waals surface area contributed by atoms with Crippen molar-refractivity contribution in [1.29, 1.82) is 0 Å². The van der Waals surface area contributed by atoms with Gasteiger partial charge < -0.3 is 33.9 Å². The van der Waals surface area contributed by atoms with Crippen LogP contribution in [-0.4, -0.2) is 59.4 Å². The Balaban J connectivity index is 1.65. The summed E-state index contributed by atoms with van der Waals surface area (Å²) < 4.78 is 29.0. The van der Waals surface area contributed by atoms with Gasteiger partial charge in [-0.15, -0.1) is 0 Å². The lowest BCUT2D eigenvalue weighted by atomic mass is 10.1. The second-order valence-corrected chi connectivity index (χ2v) is 7.41. The molecule has 0 saturated carbocycles. The molecule has 7 nitrogen and oxygen atoms in total. The summed E-state index contributed by atoms with van der Waals surface area (Å²) in [7, 11) is 0. The van der Waals surface area contributed by atoms with Gasteiger partial charge in [-0.25, -0.2) is 0 Å². The third kappa shape index (κ3) is 4.36. The van der Waals surface area contributed by atoms with Gasteiger partial charge in [0.05, 0.1) is 19.3 Å². The zero-order valence-corrected chi connectivity index (χ0v) is 15.6. The van der Waals surface area contributed by atoms with E-state index in [0.29, 0.717) is 6.61 Å². The van der Waals surface area contributed by atoms with Gasteiger partial charge >= 0.3 is 0 Å². The molecule has 146 valence electrons. The maximum Gasteiger partial charge on any atom is 0.190 e. The number of hydrogen-bond donors (Lipinski definition) is 2. The smallest absolute Gasteiger partial charge is 0.190 e. The van der Waals surface area contributed by atoms with Crippen molar-refractivity contribution in [2.45, 2.75) is 76.9 Å². The minimum Gasteiger partial charge on any atom is -0.491 e. The van der Waals surface area contributed by atoms with Crippen molar-refractivity contribution >= 4 is 0 Å². The van der Waals surface area contributed by atoms with Gasteiger partial charge in [-0.1, -0.05) is 12.1 Å². The van der Waals surface area contributed by atoms with Crippen molar-refractivity contribution in [3.63, 3.8) is 0 Å². The lowest BCUT2D eigenvalue weighted by molar-refractivity contribution is -0.232. The van der Waals surface area contributed by atoms with Gasteiger partial charge in [-0.05, 0) is 45.4 Å². The molecule has 2 aliphatic heterocycles. The maximum atomic E-state index is 10.0. The largest absolute Gasteiger partial charge is 0.491 e. The summed E-state index contributed by atoms with van der Waals surface area (Å²) >= 11 is 0. The topological polar surface area (TPSA) is 86.6 Å². The average Bonchev–Trinajstić information content (AvgIpc) is 3.05. The van der Waals surface area contributed by atoms with Crippen molar-refractivity contribution in [2.75, 3.05) is 6.61 Å². The Kier molecular flexibility index (Phi) is 5.86. The van der Waals surface area contributed by atoms with Gasteiger partial charge in [-0.2, -0.15) is 0 Å². The fourth-order valence-corrected chi connectivity index (χ4v) is 3.24. The van der Waals surface area contributed by atoms with Crippen LogP contribution in [0.15, 0.2) is 24.3 Å². The van der Waals surface area contributed by atoms with E-state index in [1.807, 2.05) is 38.1 Å². The van der Waals surface area contributed by atoms with Crippen LogP contribution in [0.25, 0.3) is 0 Å². The van der Waals surface area contributed by atoms with E-state index in [9.17, 15) is 10.2 Å². The number of ether oxygens (including phenoxy) is 5. The highest BCUT2D eigenvalue weighted by Crippen LogP contribution is 2.39. The normalized spacial score (nSPS) is 31.2. The van der Waals surface area contributed by atoms with Crippen LogP contribution in [0.4, 0.5) is 0 Å². The zero-order valence-electron chi connectivity index (χ0n) is 15.6. The molecule has 2 N–H and O–H groups in total. The summed E-state index contributed by atoms with van der Waals surface area (Å²) in [5.41, 5.74) is 0.958. The molecular weight excluding hydrogens is 340 g/mol. The molecule has 5 atom stereocenters. The van der Waals surface area contributed by atoms with E-state index in [1.54, 1.807) is 13.8 Å². The number of benzene rings is 1. The van der Waals surface area contributed by atoms with Gasteiger partial charge in [0.15, 0.2) is 12.1 Å². The van der Waals surface area contributed by atoms with Crippen LogP contribution in [0.3, 0.4) is 0 Å². The van der Waals surface area contributed by atoms with Crippen LogP contribution in [0, 0.1) is 0 Å². The predicted octanol–water partition coefficient (Wildman–Crippen LogP) is 1.59. The molecule has 2 aliphatic rings. The third-order valence-corrected chi connectivity index (χ3v) is 4.33. The van der Waals surface area contributed by atoms with Crippen LogP contribution in [-0.2, 0) is 25.6 Å². The maximum absolute atomic E-state index is 10.0. The Morgan fingerprint density at radius 2 is 1.85 bits per heavy atom. The van der Waals surface area contributed by atoms with Gasteiger partial charge in [0.2, 0.25) is 0 Å². The van der Waals surface area contributed by atoms with Crippen molar-refractivity contribution in [3.05, 3.63) is 29.8 Å². The Bertz CT molecular complexity index is 586. The Morgan fingerprint density at radius 3 is 2.46 bits per heavy atom. The molecule has 1 aromatic rings. The minimum absolute atomic E-state index is 0.119. The van der Waals surface area contributed by atoms with Crippen LogP contribution in [0.5, 0.6) is 5.75 Å². The number of rotatable bonds is 7. The molecule has 0 amide bonds. The second-order valence-electron chi connectivity index (χ2n) is 7.41. The first-order chi connectivity index (χ1) is 12.3. The summed E-state index contributed by atoms with van der Waals surface area (Å²) in [4.78, 5) is 0. The summed E-state index contributed by atoms with van der Waals surface area (Å²) in [5.74, 6) is 0.0259. The molecule has 0 aliphatic carbocycles. The Morgan fingerprint density at radius 1 is 1.15 bits per heavy atom. The quantitative estimate of drug-likeness (QED) is 0.756. The first-order valence-corrected chi connectivity index (χ1v) is 8.96. The van der Waals surface area contributed by atoms with Gasteiger partial charge in [-0.3, -0.25) is 0 Å². The first-order valence-electron chi connectivity index (χ1n) is 8.96. The van der Waals surface area contributed by atoms with Crippen molar-refractivity contribution < 1.29 is 33.9 Å². The predicted molar refractivity (Wildman–Crippen MR) is 92.6 cm³/mol. The summed E-state index contributed by atoms with van der Waals surface area (Å²) in [6.45, 7) is 7.45. The number of aliphatic hydroxyl groups excluding tert-OH is 2. The van der Waals surface area contributed by atoms with Crippen LogP contribution < -0.4 is 4.74 Å². The molecule has 2 fully saturated rings. The van der Waals surface area contributed by atoms with E-state index in [1.165, 1.54) is 0 Å². The molecule has 0 spiro atoms. The SMILES string of the molecule is CC(C)Oc1ccc(CO[C@H]2[C@@H]3OC(C)(C)O[C@@H]3O[C@@H]2[C@H](O)CO)cc1. The van der Waals surface area contributed by atoms with E-state index in [0.717, 1.165) is 11.3 Å². The Hall–Kier alpha value is -1.22. The third-order valence-electron chi connectivity index (χ3n) is 4.33. The molecule has 1 aromatic carbocycles. The summed E-state index contributed by atoms with van der Waals surface area (Å²) in [5, 5.41) is 19.3. The highest BCUT2D eigenvalue weighted by molar-refractivity contribution is 5.27. The highest BCUT2D eigenvalue weighted by Gasteiger charge is 2.56. The number of aliphatic hydroxyl groups is 2. The lowest BCUT2D eigenvalue weighted by Gasteiger charge is -2.28. The molecule has 0 aromatic heterocycles. The molecular formula is C19H28O7. The second kappa shape index (κ2) is 7.80. The molecule has 3 rings (SSSR count). The van der Waals surface area contributed by atoms with Gasteiger partial charge in [0, 0.05) is 0 Å². The molecule has 0 radical (unpaired) electrons. The average molecular weight is 368 g/mol. The first kappa shape index (κ1) is 19.5. The molecule has 2 heterocycles. The van der Waals surface area contributed by atoms with E-state index in [2.05, 4.69) is 0 Å². The van der Waals surface area contributed by atoms with Crippen LogP contribution >= 0.6 is 0 Å². The molecule has 7 heteroatoms.